The second kappa shape index (κ2) is 7.94. The third kappa shape index (κ3) is 4.67. The Morgan fingerprint density at radius 1 is 1.19 bits per heavy atom. The molecule has 0 radical (unpaired) electrons. The van der Waals surface area contributed by atoms with Gasteiger partial charge in [0.1, 0.15) is 0 Å². The average Bonchev–Trinajstić information content (AvgIpc) is 2.49. The van der Waals surface area contributed by atoms with E-state index in [1.807, 2.05) is 0 Å². The molecule has 0 bridgehead atoms. The predicted octanol–water partition coefficient (Wildman–Crippen LogP) is 3.42. The van der Waals surface area contributed by atoms with E-state index in [4.69, 9.17) is 10.5 Å². The Bertz CT molecular complexity index is 298. The van der Waals surface area contributed by atoms with Crippen molar-refractivity contribution in [3.8, 4) is 0 Å². The third-order valence-corrected chi connectivity index (χ3v) is 6.04. The van der Waals surface area contributed by atoms with E-state index in [-0.39, 0.29) is 5.60 Å². The van der Waals surface area contributed by atoms with E-state index in [0.717, 1.165) is 37.3 Å². The normalized spacial score (nSPS) is 35.3. The maximum Gasteiger partial charge on any atom is 0.0804 e. The van der Waals surface area contributed by atoms with Crippen molar-refractivity contribution in [2.75, 3.05) is 26.7 Å². The second-order valence-corrected chi connectivity index (χ2v) is 7.74. The van der Waals surface area contributed by atoms with Crippen LogP contribution in [0.3, 0.4) is 0 Å². The van der Waals surface area contributed by atoms with Crippen molar-refractivity contribution in [3.63, 3.8) is 0 Å². The van der Waals surface area contributed by atoms with Gasteiger partial charge >= 0.3 is 0 Å². The Kier molecular flexibility index (Phi) is 6.51. The fraction of sp³-hybridized carbons (Fsp3) is 1.00. The molecule has 0 aromatic rings. The molecular formula is C18H36N2O. The molecule has 1 saturated heterocycles. The first-order valence-corrected chi connectivity index (χ1v) is 9.10. The molecule has 1 saturated carbocycles. The Morgan fingerprint density at radius 2 is 1.90 bits per heavy atom. The van der Waals surface area contributed by atoms with Crippen LogP contribution in [0, 0.1) is 11.8 Å². The molecule has 0 spiro atoms. The summed E-state index contributed by atoms with van der Waals surface area (Å²) in [6.45, 7) is 7.53. The van der Waals surface area contributed by atoms with Crippen molar-refractivity contribution < 1.29 is 4.74 Å². The van der Waals surface area contributed by atoms with Gasteiger partial charge in [-0.1, -0.05) is 20.3 Å². The number of likely N-dealkylation sites (tertiary alicyclic amines) is 1. The van der Waals surface area contributed by atoms with Crippen molar-refractivity contribution in [1.82, 2.24) is 4.90 Å². The first-order valence-electron chi connectivity index (χ1n) is 9.10. The van der Waals surface area contributed by atoms with Crippen LogP contribution in [0.2, 0.25) is 0 Å². The minimum absolute atomic E-state index is 0.0152. The fourth-order valence-corrected chi connectivity index (χ4v) is 4.16. The highest BCUT2D eigenvalue weighted by Crippen LogP contribution is 2.37. The lowest BCUT2D eigenvalue weighted by Gasteiger charge is -2.41. The van der Waals surface area contributed by atoms with Gasteiger partial charge in [-0.05, 0) is 70.4 Å². The van der Waals surface area contributed by atoms with Gasteiger partial charge in [0.15, 0.2) is 0 Å². The molecule has 2 aliphatic rings. The van der Waals surface area contributed by atoms with Crippen molar-refractivity contribution in [3.05, 3.63) is 0 Å². The Hall–Kier alpha value is -0.120. The average molecular weight is 296 g/mol. The van der Waals surface area contributed by atoms with Gasteiger partial charge in [0.05, 0.1) is 5.60 Å². The van der Waals surface area contributed by atoms with Crippen LogP contribution in [0.4, 0.5) is 0 Å². The van der Waals surface area contributed by atoms with Crippen LogP contribution < -0.4 is 5.73 Å². The summed E-state index contributed by atoms with van der Waals surface area (Å²) in [5.74, 6) is 1.68. The zero-order valence-electron chi connectivity index (χ0n) is 14.4. The molecule has 21 heavy (non-hydrogen) atoms. The maximum atomic E-state index is 6.35. The van der Waals surface area contributed by atoms with E-state index in [1.54, 1.807) is 0 Å². The van der Waals surface area contributed by atoms with Crippen LogP contribution in [0.15, 0.2) is 0 Å². The lowest BCUT2D eigenvalue weighted by molar-refractivity contribution is -0.0802. The topological polar surface area (TPSA) is 38.5 Å². The number of nitrogens with zero attached hydrogens (tertiary/aromatic N) is 1. The zero-order chi connectivity index (χ0) is 15.3. The molecule has 1 heterocycles. The molecule has 0 aromatic heterocycles. The molecule has 0 aromatic carbocycles. The van der Waals surface area contributed by atoms with Gasteiger partial charge < -0.3 is 15.4 Å². The minimum atomic E-state index is -0.0152. The smallest absolute Gasteiger partial charge is 0.0804 e. The molecule has 124 valence electrons. The summed E-state index contributed by atoms with van der Waals surface area (Å²) in [6.07, 6.45) is 10.1. The van der Waals surface area contributed by atoms with Crippen LogP contribution in [0.25, 0.3) is 0 Å². The molecule has 0 amide bonds. The lowest BCUT2D eigenvalue weighted by atomic mass is 9.74. The summed E-state index contributed by atoms with van der Waals surface area (Å²) in [7, 11) is 2.26. The van der Waals surface area contributed by atoms with Crippen molar-refractivity contribution in [1.29, 1.82) is 0 Å². The molecule has 2 rings (SSSR count). The number of rotatable bonds is 6. The van der Waals surface area contributed by atoms with Crippen LogP contribution in [0.1, 0.15) is 65.2 Å². The van der Waals surface area contributed by atoms with E-state index in [0.29, 0.717) is 6.54 Å². The van der Waals surface area contributed by atoms with Gasteiger partial charge in [0.25, 0.3) is 0 Å². The summed E-state index contributed by atoms with van der Waals surface area (Å²) < 4.78 is 6.35. The van der Waals surface area contributed by atoms with E-state index >= 15 is 0 Å². The van der Waals surface area contributed by atoms with E-state index in [2.05, 4.69) is 25.8 Å². The largest absolute Gasteiger partial charge is 0.374 e. The third-order valence-electron chi connectivity index (χ3n) is 6.04. The van der Waals surface area contributed by atoms with E-state index in [9.17, 15) is 0 Å². The quantitative estimate of drug-likeness (QED) is 0.816. The summed E-state index contributed by atoms with van der Waals surface area (Å²) >= 11 is 0. The summed E-state index contributed by atoms with van der Waals surface area (Å²) in [5.41, 5.74) is 6.06. The highest BCUT2D eigenvalue weighted by atomic mass is 16.5. The number of hydrogen-bond acceptors (Lipinski definition) is 3. The van der Waals surface area contributed by atoms with Gasteiger partial charge in [0, 0.05) is 19.2 Å². The molecule has 1 aliphatic carbocycles. The van der Waals surface area contributed by atoms with E-state index in [1.165, 1.54) is 45.1 Å². The Morgan fingerprint density at radius 3 is 2.48 bits per heavy atom. The number of nitrogens with two attached hydrogens (primary N) is 1. The van der Waals surface area contributed by atoms with Gasteiger partial charge in [-0.2, -0.15) is 0 Å². The van der Waals surface area contributed by atoms with Crippen molar-refractivity contribution in [2.24, 2.45) is 17.6 Å². The Labute approximate surface area is 131 Å². The number of piperidine rings is 1. The summed E-state index contributed by atoms with van der Waals surface area (Å²) in [6, 6.07) is 0.723. The minimum Gasteiger partial charge on any atom is -0.374 e. The fourth-order valence-electron chi connectivity index (χ4n) is 4.16. The molecule has 1 aliphatic heterocycles. The van der Waals surface area contributed by atoms with Crippen LogP contribution >= 0.6 is 0 Å². The van der Waals surface area contributed by atoms with Crippen molar-refractivity contribution in [2.45, 2.75) is 76.9 Å². The van der Waals surface area contributed by atoms with Crippen LogP contribution in [-0.4, -0.2) is 43.3 Å². The molecule has 3 nitrogen and oxygen atoms in total. The molecular weight excluding hydrogens is 260 g/mol. The molecule has 2 fully saturated rings. The van der Waals surface area contributed by atoms with Gasteiger partial charge in [-0.25, -0.2) is 0 Å². The predicted molar refractivity (Wildman–Crippen MR) is 89.4 cm³/mol. The lowest BCUT2D eigenvalue weighted by Crippen LogP contribution is -2.45. The molecule has 1 unspecified atom stereocenters. The van der Waals surface area contributed by atoms with Crippen molar-refractivity contribution >= 4 is 0 Å². The van der Waals surface area contributed by atoms with Gasteiger partial charge in [0.2, 0.25) is 0 Å². The standard InChI is InChI=1S/C18H36N2O/c1-15(2)16-7-10-18(14-19,11-8-16)21-13-9-17-6-4-5-12-20(17)3/h15-17H,4-14,19H2,1-3H3. The zero-order valence-corrected chi connectivity index (χ0v) is 14.4. The molecule has 2 N–H and O–H groups in total. The number of hydrogen-bond donors (Lipinski definition) is 1. The highest BCUT2D eigenvalue weighted by Gasteiger charge is 2.36. The first-order chi connectivity index (χ1) is 10.1. The highest BCUT2D eigenvalue weighted by molar-refractivity contribution is 4.89. The number of ether oxygens (including phenoxy) is 1. The summed E-state index contributed by atoms with van der Waals surface area (Å²) in [5, 5.41) is 0. The second-order valence-electron chi connectivity index (χ2n) is 7.74. The van der Waals surface area contributed by atoms with Crippen LogP contribution in [-0.2, 0) is 4.74 Å². The summed E-state index contributed by atoms with van der Waals surface area (Å²) in [4.78, 5) is 2.51. The SMILES string of the molecule is CC(C)C1CCC(CN)(OCCC2CCCCN2C)CC1. The Balaban J connectivity index is 1.75. The van der Waals surface area contributed by atoms with Crippen LogP contribution in [0.5, 0.6) is 0 Å². The van der Waals surface area contributed by atoms with E-state index < -0.39 is 0 Å². The maximum absolute atomic E-state index is 6.35. The van der Waals surface area contributed by atoms with Gasteiger partial charge in [-0.3, -0.25) is 0 Å². The van der Waals surface area contributed by atoms with Gasteiger partial charge in [-0.15, -0.1) is 0 Å². The monoisotopic (exact) mass is 296 g/mol. The first kappa shape index (κ1) is 17.2. The molecule has 1 atom stereocenters. The molecule has 3 heteroatoms.